The number of amides is 3. The summed E-state index contributed by atoms with van der Waals surface area (Å²) < 4.78 is 39.8. The minimum Gasteiger partial charge on any atom is -0.286 e. The second-order valence-corrected chi connectivity index (χ2v) is 8.47. The minimum absolute atomic E-state index is 0.00624. The number of alkyl halides is 3. The van der Waals surface area contributed by atoms with Gasteiger partial charge in [-0.3, -0.25) is 24.2 Å². The van der Waals surface area contributed by atoms with Gasteiger partial charge in [0.15, 0.2) is 0 Å². The molecule has 5 nitrogen and oxygen atoms in total. The molecule has 3 fully saturated rings. The molecular formula is C21H19F3N2O3. The van der Waals surface area contributed by atoms with Crippen molar-refractivity contribution in [1.29, 1.82) is 0 Å². The quantitative estimate of drug-likeness (QED) is 0.575. The highest BCUT2D eigenvalue weighted by molar-refractivity contribution is 6.07. The van der Waals surface area contributed by atoms with Gasteiger partial charge in [0.25, 0.3) is 0 Å². The highest BCUT2D eigenvalue weighted by atomic mass is 19.4. The van der Waals surface area contributed by atoms with E-state index in [1.54, 1.807) is 13.0 Å². The summed E-state index contributed by atoms with van der Waals surface area (Å²) in [6.45, 7) is 0.970. The molecule has 0 radical (unpaired) electrons. The Morgan fingerprint density at radius 2 is 1.69 bits per heavy atom. The van der Waals surface area contributed by atoms with Crippen LogP contribution in [0.25, 0.3) is 0 Å². The first-order valence-corrected chi connectivity index (χ1v) is 9.67. The Balaban J connectivity index is 1.47. The van der Waals surface area contributed by atoms with Crippen LogP contribution in [-0.4, -0.2) is 35.5 Å². The SMILES string of the molecule is Cc1cccc(N(CN2C(=O)[C@@H]3[C@@H]4C=C[C@H]([C@@H]5C[C@H]45)[C@@H]3C2=O)C(=O)C(F)(F)F)c1. The number of hydrogen-bond donors (Lipinski definition) is 0. The third kappa shape index (κ3) is 2.64. The number of carbonyl (C=O) groups is 3. The number of allylic oxidation sites excluding steroid dienone is 2. The van der Waals surface area contributed by atoms with Gasteiger partial charge in [0.05, 0.1) is 11.8 Å². The summed E-state index contributed by atoms with van der Waals surface area (Å²) in [6, 6.07) is 6.03. The maximum absolute atomic E-state index is 13.3. The average molecular weight is 404 g/mol. The van der Waals surface area contributed by atoms with Gasteiger partial charge in [0.1, 0.15) is 6.67 Å². The van der Waals surface area contributed by atoms with Crippen LogP contribution in [0.15, 0.2) is 36.4 Å². The molecule has 1 saturated heterocycles. The molecule has 5 aliphatic rings. The normalized spacial score (nSPS) is 34.3. The average Bonchev–Trinajstić information content (AvgIpc) is 3.44. The van der Waals surface area contributed by atoms with E-state index >= 15 is 0 Å². The highest BCUT2D eigenvalue weighted by Crippen LogP contribution is 2.65. The van der Waals surface area contributed by atoms with E-state index in [-0.39, 0.29) is 17.5 Å². The van der Waals surface area contributed by atoms with Crippen molar-refractivity contribution in [3.63, 3.8) is 0 Å². The summed E-state index contributed by atoms with van der Waals surface area (Å²) in [5.74, 6) is -3.30. The standard InChI is InChI=1S/C21H19F3N2O3/c1-10-3-2-4-11(7-10)25(20(29)21(22,23)24)9-26-18(27)16-12-5-6-13(15-8-14(12)15)17(16)19(26)28/h2-7,12-17H,8-9H2,1H3/t12-,13-,14-,15+,16-,17+/m1/s1. The van der Waals surface area contributed by atoms with E-state index in [9.17, 15) is 27.6 Å². The molecule has 0 spiro atoms. The van der Waals surface area contributed by atoms with Crippen molar-refractivity contribution in [2.45, 2.75) is 19.5 Å². The number of halogens is 3. The molecule has 6 rings (SSSR count). The van der Waals surface area contributed by atoms with Crippen LogP contribution in [-0.2, 0) is 14.4 Å². The van der Waals surface area contributed by atoms with Crippen LogP contribution in [0.3, 0.4) is 0 Å². The van der Waals surface area contributed by atoms with Crippen molar-refractivity contribution in [3.8, 4) is 0 Å². The predicted octanol–water partition coefficient (Wildman–Crippen LogP) is 2.90. The van der Waals surface area contributed by atoms with E-state index in [4.69, 9.17) is 0 Å². The lowest BCUT2D eigenvalue weighted by Gasteiger charge is -2.37. The molecule has 4 aliphatic carbocycles. The fourth-order valence-electron chi connectivity index (χ4n) is 5.51. The van der Waals surface area contributed by atoms with Gasteiger partial charge in [0, 0.05) is 5.69 Å². The summed E-state index contributed by atoms with van der Waals surface area (Å²) in [5, 5.41) is 0. The second kappa shape index (κ2) is 5.93. The predicted molar refractivity (Wildman–Crippen MR) is 96.1 cm³/mol. The number of anilines is 1. The molecule has 6 atom stereocenters. The molecule has 2 bridgehead atoms. The molecule has 3 amide bonds. The van der Waals surface area contributed by atoms with E-state index in [1.165, 1.54) is 18.2 Å². The lowest BCUT2D eigenvalue weighted by molar-refractivity contribution is -0.171. The molecule has 0 aromatic heterocycles. The molecular weight excluding hydrogens is 385 g/mol. The van der Waals surface area contributed by atoms with Gasteiger partial charge in [-0.2, -0.15) is 13.2 Å². The summed E-state index contributed by atoms with van der Waals surface area (Å²) >= 11 is 0. The largest absolute Gasteiger partial charge is 0.471 e. The van der Waals surface area contributed by atoms with Crippen LogP contribution in [0.1, 0.15) is 12.0 Å². The second-order valence-electron chi connectivity index (χ2n) is 8.47. The molecule has 0 N–H and O–H groups in total. The topological polar surface area (TPSA) is 57.7 Å². The molecule has 1 aliphatic heterocycles. The molecule has 1 heterocycles. The number of rotatable bonds is 3. The highest BCUT2D eigenvalue weighted by Gasteiger charge is 2.67. The first kappa shape index (κ1) is 18.4. The van der Waals surface area contributed by atoms with Crippen LogP contribution >= 0.6 is 0 Å². The van der Waals surface area contributed by atoms with Crippen molar-refractivity contribution in [2.75, 3.05) is 11.6 Å². The van der Waals surface area contributed by atoms with Gasteiger partial charge < -0.3 is 0 Å². The number of benzene rings is 1. The van der Waals surface area contributed by atoms with Crippen LogP contribution < -0.4 is 4.90 Å². The van der Waals surface area contributed by atoms with E-state index in [0.29, 0.717) is 22.3 Å². The van der Waals surface area contributed by atoms with Crippen LogP contribution in [0.2, 0.25) is 0 Å². The van der Waals surface area contributed by atoms with Gasteiger partial charge in [-0.15, -0.1) is 0 Å². The Hall–Kier alpha value is -2.64. The minimum atomic E-state index is -5.12. The Morgan fingerprint density at radius 3 is 2.21 bits per heavy atom. The Bertz CT molecular complexity index is 921. The van der Waals surface area contributed by atoms with Crippen molar-refractivity contribution < 1.29 is 27.6 Å². The number of hydrogen-bond acceptors (Lipinski definition) is 3. The summed E-state index contributed by atoms with van der Waals surface area (Å²) in [6.07, 6.45) is -0.135. The molecule has 1 aromatic carbocycles. The van der Waals surface area contributed by atoms with Crippen LogP contribution in [0.4, 0.5) is 18.9 Å². The van der Waals surface area contributed by atoms with Gasteiger partial charge in [-0.05, 0) is 54.7 Å². The van der Waals surface area contributed by atoms with Gasteiger partial charge in [0.2, 0.25) is 11.8 Å². The maximum Gasteiger partial charge on any atom is 0.471 e. The van der Waals surface area contributed by atoms with E-state index in [2.05, 4.69) is 0 Å². The van der Waals surface area contributed by atoms with Gasteiger partial charge in [-0.1, -0.05) is 24.3 Å². The Morgan fingerprint density at radius 1 is 1.10 bits per heavy atom. The summed E-state index contributed by atoms with van der Waals surface area (Å²) in [4.78, 5) is 39.6. The molecule has 152 valence electrons. The van der Waals surface area contributed by atoms with Gasteiger partial charge in [-0.25, -0.2) is 0 Å². The summed E-state index contributed by atoms with van der Waals surface area (Å²) in [5.41, 5.74) is 0.671. The van der Waals surface area contributed by atoms with Crippen molar-refractivity contribution in [1.82, 2.24) is 4.90 Å². The first-order chi connectivity index (χ1) is 13.7. The maximum atomic E-state index is 13.3. The Labute approximate surface area is 165 Å². The number of nitrogens with zero attached hydrogens (tertiary/aromatic N) is 2. The number of imide groups is 1. The number of aryl methyl sites for hydroxylation is 1. The van der Waals surface area contributed by atoms with E-state index < -0.39 is 42.4 Å². The third-order valence-electron chi connectivity index (χ3n) is 6.84. The summed E-state index contributed by atoms with van der Waals surface area (Å²) in [7, 11) is 0. The molecule has 29 heavy (non-hydrogen) atoms. The van der Waals surface area contributed by atoms with Crippen molar-refractivity contribution >= 4 is 23.4 Å². The molecule has 8 heteroatoms. The zero-order valence-corrected chi connectivity index (χ0v) is 15.6. The van der Waals surface area contributed by atoms with E-state index in [0.717, 1.165) is 11.3 Å². The van der Waals surface area contributed by atoms with Crippen molar-refractivity contribution in [3.05, 3.63) is 42.0 Å². The third-order valence-corrected chi connectivity index (χ3v) is 6.84. The smallest absolute Gasteiger partial charge is 0.286 e. The number of carbonyl (C=O) groups excluding carboxylic acids is 3. The lowest BCUT2D eigenvalue weighted by Crippen LogP contribution is -2.49. The zero-order chi connectivity index (χ0) is 20.7. The zero-order valence-electron chi connectivity index (χ0n) is 15.6. The van der Waals surface area contributed by atoms with Crippen molar-refractivity contribution in [2.24, 2.45) is 35.5 Å². The molecule has 1 aromatic rings. The van der Waals surface area contributed by atoms with Crippen LogP contribution in [0.5, 0.6) is 0 Å². The molecule has 0 unspecified atom stereocenters. The monoisotopic (exact) mass is 404 g/mol. The van der Waals surface area contributed by atoms with Crippen LogP contribution in [0, 0.1) is 42.4 Å². The first-order valence-electron chi connectivity index (χ1n) is 9.67. The van der Waals surface area contributed by atoms with E-state index in [1.807, 2.05) is 12.2 Å². The fraction of sp³-hybridized carbons (Fsp3) is 0.476. The Kier molecular flexibility index (Phi) is 3.76. The fourth-order valence-corrected chi connectivity index (χ4v) is 5.51. The number of likely N-dealkylation sites (tertiary alicyclic amines) is 1. The molecule has 2 saturated carbocycles. The van der Waals surface area contributed by atoms with Gasteiger partial charge >= 0.3 is 12.1 Å². The lowest BCUT2D eigenvalue weighted by atomic mass is 9.63.